The van der Waals surface area contributed by atoms with Crippen LogP contribution in [0.15, 0.2) is 60.0 Å². The Hall–Kier alpha value is -4.41. The minimum Gasteiger partial charge on any atom is -0.480 e. The first-order chi connectivity index (χ1) is 15.5. The van der Waals surface area contributed by atoms with Crippen LogP contribution in [0.2, 0.25) is 0 Å². The van der Waals surface area contributed by atoms with E-state index in [-0.39, 0.29) is 12.2 Å². The van der Waals surface area contributed by atoms with Crippen molar-refractivity contribution in [2.24, 2.45) is 5.11 Å². The van der Waals surface area contributed by atoms with Gasteiger partial charge in [0.15, 0.2) is 0 Å². The maximum atomic E-state index is 13.9. The zero-order valence-electron chi connectivity index (χ0n) is 17.4. The number of methoxy groups -OCH3 is 1. The van der Waals surface area contributed by atoms with E-state index in [9.17, 15) is 4.39 Å². The molecule has 162 valence electrons. The molecule has 0 fully saturated rings. The first-order valence-electron chi connectivity index (χ1n) is 9.56. The number of nitrogens with two attached hydrogens (primary N) is 1. The number of para-hydroxylation sites is 1. The molecule has 3 aromatic heterocycles. The van der Waals surface area contributed by atoms with Crippen molar-refractivity contribution in [2.45, 2.75) is 13.5 Å². The number of nitrogens with zero attached hydrogens (tertiary/aromatic N) is 6. The molecule has 0 atom stereocenters. The number of fused-ring (bicyclic) bond motifs is 1. The van der Waals surface area contributed by atoms with Crippen LogP contribution in [-0.2, 0) is 6.54 Å². The Bertz CT molecular complexity index is 1330. The van der Waals surface area contributed by atoms with Crippen molar-refractivity contribution in [1.82, 2.24) is 24.5 Å². The van der Waals surface area contributed by atoms with Gasteiger partial charge in [0.05, 0.1) is 36.0 Å². The number of nitrogens with one attached hydrogen (secondary N) is 2. The molecule has 1 aromatic carbocycles. The van der Waals surface area contributed by atoms with E-state index in [0.717, 1.165) is 0 Å². The number of rotatable bonds is 7. The van der Waals surface area contributed by atoms with Gasteiger partial charge < -0.3 is 20.4 Å². The zero-order chi connectivity index (χ0) is 22.7. The summed E-state index contributed by atoms with van der Waals surface area (Å²) in [6.07, 6.45) is 6.29. The monoisotopic (exact) mass is 433 g/mol. The minimum atomic E-state index is -0.408. The van der Waals surface area contributed by atoms with Gasteiger partial charge in [0.1, 0.15) is 29.4 Å². The number of allylic oxidation sites excluding steroid dienone is 1. The van der Waals surface area contributed by atoms with E-state index < -0.39 is 5.82 Å². The highest BCUT2D eigenvalue weighted by Crippen LogP contribution is 2.36. The Morgan fingerprint density at radius 1 is 1.31 bits per heavy atom. The van der Waals surface area contributed by atoms with Gasteiger partial charge in [-0.15, -0.1) is 0 Å². The lowest BCUT2D eigenvalue weighted by Crippen LogP contribution is -2.04. The molecule has 0 unspecified atom stereocenters. The lowest BCUT2D eigenvalue weighted by Gasteiger charge is -2.07. The quantitative estimate of drug-likeness (QED) is 0.375. The van der Waals surface area contributed by atoms with Crippen molar-refractivity contribution in [3.8, 4) is 17.0 Å². The van der Waals surface area contributed by atoms with Crippen molar-refractivity contribution in [2.75, 3.05) is 18.2 Å². The normalized spacial score (nSPS) is 11.5. The molecule has 0 saturated carbocycles. The SMILES string of the molecule is COc1ncncc1-c1cn(C/C(=C/Nc2ccccc2F)N=N)c2nc(C)nc(N)c12. The van der Waals surface area contributed by atoms with Crippen LogP contribution in [-0.4, -0.2) is 31.6 Å². The fourth-order valence-electron chi connectivity index (χ4n) is 3.34. The van der Waals surface area contributed by atoms with Crippen LogP contribution in [0.25, 0.3) is 22.2 Å². The van der Waals surface area contributed by atoms with E-state index in [4.69, 9.17) is 16.0 Å². The van der Waals surface area contributed by atoms with Gasteiger partial charge in [-0.3, -0.25) is 0 Å². The van der Waals surface area contributed by atoms with Gasteiger partial charge in [0, 0.05) is 24.2 Å². The highest BCUT2D eigenvalue weighted by molar-refractivity contribution is 6.01. The highest BCUT2D eigenvalue weighted by atomic mass is 19.1. The molecule has 0 saturated heterocycles. The number of benzene rings is 1. The summed E-state index contributed by atoms with van der Waals surface area (Å²) in [7, 11) is 1.52. The largest absolute Gasteiger partial charge is 0.480 e. The Labute approximate surface area is 182 Å². The van der Waals surface area contributed by atoms with Crippen molar-refractivity contribution < 1.29 is 9.13 Å². The first-order valence-corrected chi connectivity index (χ1v) is 9.56. The molecule has 0 spiro atoms. The van der Waals surface area contributed by atoms with Gasteiger partial charge >= 0.3 is 0 Å². The van der Waals surface area contributed by atoms with E-state index in [1.807, 2.05) is 0 Å². The van der Waals surface area contributed by atoms with Crippen molar-refractivity contribution in [3.63, 3.8) is 0 Å². The molecular weight excluding hydrogens is 413 g/mol. The average Bonchev–Trinajstić information content (AvgIpc) is 3.15. The second-order valence-electron chi connectivity index (χ2n) is 6.84. The Morgan fingerprint density at radius 3 is 2.88 bits per heavy atom. The predicted molar refractivity (Wildman–Crippen MR) is 118 cm³/mol. The second-order valence-corrected chi connectivity index (χ2v) is 6.84. The van der Waals surface area contributed by atoms with Crippen LogP contribution in [0.3, 0.4) is 0 Å². The molecular formula is C21H20FN9O. The Morgan fingerprint density at radius 2 is 2.12 bits per heavy atom. The number of aromatic nitrogens is 5. The Kier molecular flexibility index (Phi) is 5.71. The number of ether oxygens (including phenoxy) is 1. The van der Waals surface area contributed by atoms with Crippen LogP contribution >= 0.6 is 0 Å². The molecule has 0 aliphatic carbocycles. The standard InChI is InChI=1S/C21H20FN9O/c1-12-28-19(23)18-15(14-8-25-11-27-21(14)32-2)10-31(20(18)29-12)9-13(30-24)7-26-17-6-4-3-5-16(17)22/h3-8,10-11,24,26H,9H2,1-2H3,(H2,23,28,29)/b13-7-,30-24?. The smallest absolute Gasteiger partial charge is 0.224 e. The summed E-state index contributed by atoms with van der Waals surface area (Å²) in [5.74, 6) is 0.760. The lowest BCUT2D eigenvalue weighted by molar-refractivity contribution is 0.398. The fourth-order valence-corrected chi connectivity index (χ4v) is 3.34. The number of halogens is 1. The molecule has 3 heterocycles. The molecule has 32 heavy (non-hydrogen) atoms. The van der Waals surface area contributed by atoms with Crippen LogP contribution in [0.1, 0.15) is 5.82 Å². The van der Waals surface area contributed by atoms with Crippen molar-refractivity contribution in [3.05, 3.63) is 66.5 Å². The van der Waals surface area contributed by atoms with Crippen LogP contribution in [0.5, 0.6) is 5.88 Å². The number of anilines is 2. The van der Waals surface area contributed by atoms with Crippen molar-refractivity contribution in [1.29, 1.82) is 5.53 Å². The molecule has 0 amide bonds. The van der Waals surface area contributed by atoms with Gasteiger partial charge in [-0.2, -0.15) is 5.11 Å². The number of hydrogen-bond donors (Lipinski definition) is 3. The molecule has 4 rings (SSSR count). The number of nitrogen functional groups attached to an aromatic ring is 1. The van der Waals surface area contributed by atoms with Gasteiger partial charge in [0.25, 0.3) is 0 Å². The second kappa shape index (κ2) is 8.76. The topological polar surface area (TPSA) is 140 Å². The number of hydrogen-bond acceptors (Lipinski definition) is 9. The third-order valence-electron chi connectivity index (χ3n) is 4.76. The van der Waals surface area contributed by atoms with E-state index in [1.54, 1.807) is 42.1 Å². The maximum absolute atomic E-state index is 13.9. The summed E-state index contributed by atoms with van der Waals surface area (Å²) >= 11 is 0. The van der Waals surface area contributed by atoms with Crippen LogP contribution < -0.4 is 15.8 Å². The van der Waals surface area contributed by atoms with Gasteiger partial charge in [-0.05, 0) is 19.1 Å². The molecule has 0 radical (unpaired) electrons. The molecule has 0 bridgehead atoms. The summed E-state index contributed by atoms with van der Waals surface area (Å²) < 4.78 is 21.1. The van der Waals surface area contributed by atoms with Gasteiger partial charge in [-0.1, -0.05) is 12.1 Å². The molecule has 0 aliphatic rings. The third kappa shape index (κ3) is 3.95. The predicted octanol–water partition coefficient (Wildman–Crippen LogP) is 3.91. The van der Waals surface area contributed by atoms with Crippen molar-refractivity contribution >= 4 is 22.5 Å². The third-order valence-corrected chi connectivity index (χ3v) is 4.76. The Balaban J connectivity index is 1.79. The van der Waals surface area contributed by atoms with Crippen LogP contribution in [0.4, 0.5) is 15.9 Å². The minimum absolute atomic E-state index is 0.174. The molecule has 11 heteroatoms. The van der Waals surface area contributed by atoms with E-state index >= 15 is 0 Å². The van der Waals surface area contributed by atoms with Gasteiger partial charge in [0.2, 0.25) is 5.88 Å². The average molecular weight is 433 g/mol. The zero-order valence-corrected chi connectivity index (χ0v) is 17.4. The lowest BCUT2D eigenvalue weighted by atomic mass is 10.1. The summed E-state index contributed by atoms with van der Waals surface area (Å²) in [4.78, 5) is 17.1. The van der Waals surface area contributed by atoms with E-state index in [1.165, 1.54) is 25.7 Å². The first kappa shape index (κ1) is 20.8. The maximum Gasteiger partial charge on any atom is 0.224 e. The fraction of sp³-hybridized carbons (Fsp3) is 0.143. The highest BCUT2D eigenvalue weighted by Gasteiger charge is 2.20. The molecule has 4 aromatic rings. The van der Waals surface area contributed by atoms with E-state index in [0.29, 0.717) is 45.4 Å². The van der Waals surface area contributed by atoms with Crippen LogP contribution in [0, 0.1) is 18.3 Å². The summed E-state index contributed by atoms with van der Waals surface area (Å²) in [5.41, 5.74) is 16.3. The van der Waals surface area contributed by atoms with E-state index in [2.05, 4.69) is 30.4 Å². The molecule has 0 aliphatic heterocycles. The molecule has 4 N–H and O–H groups in total. The number of aryl methyl sites for hydroxylation is 1. The summed E-state index contributed by atoms with van der Waals surface area (Å²) in [6, 6.07) is 6.24. The summed E-state index contributed by atoms with van der Waals surface area (Å²) in [6.45, 7) is 1.91. The van der Waals surface area contributed by atoms with Gasteiger partial charge in [-0.25, -0.2) is 29.9 Å². The molecule has 10 nitrogen and oxygen atoms in total. The summed E-state index contributed by atoms with van der Waals surface area (Å²) in [5, 5.41) is 7.03.